The lowest BCUT2D eigenvalue weighted by molar-refractivity contribution is -0.152. The van der Waals surface area contributed by atoms with Crippen molar-refractivity contribution in [2.24, 2.45) is 11.8 Å². The molecule has 0 aromatic heterocycles. The zero-order chi connectivity index (χ0) is 27.6. The highest BCUT2D eigenvalue weighted by Gasteiger charge is 2.35. The Hall–Kier alpha value is -1.59. The van der Waals surface area contributed by atoms with Crippen LogP contribution < -0.4 is 16.1 Å². The maximum atomic E-state index is 13.0. The van der Waals surface area contributed by atoms with Crippen LogP contribution in [0.2, 0.25) is 0 Å². The highest BCUT2D eigenvalue weighted by molar-refractivity contribution is 6.67. The Morgan fingerprint density at radius 3 is 2.28 bits per heavy atom. The van der Waals surface area contributed by atoms with Crippen LogP contribution in [0.5, 0.6) is 0 Å². The molecule has 1 fully saturated rings. The number of nitrogens with one attached hydrogen (secondary N) is 3. The quantitative estimate of drug-likeness (QED) is 0.197. The summed E-state index contributed by atoms with van der Waals surface area (Å²) in [4.78, 5) is 51.0. The largest absolute Gasteiger partial charge is 0.460 e. The van der Waals surface area contributed by atoms with Gasteiger partial charge in [0.05, 0.1) is 12.0 Å². The number of carbonyl (C=O) groups is 4. The van der Waals surface area contributed by atoms with E-state index < -0.39 is 58.3 Å². The van der Waals surface area contributed by atoms with Gasteiger partial charge in [0.1, 0.15) is 24.7 Å². The average Bonchev–Trinajstić information content (AvgIpc) is 2.82. The van der Waals surface area contributed by atoms with E-state index in [2.05, 4.69) is 16.1 Å². The molecular weight excluding hydrogens is 535 g/mol. The highest BCUT2D eigenvalue weighted by atomic mass is 35.6. The number of hydrogen-bond acceptors (Lipinski definition) is 7. The van der Waals surface area contributed by atoms with E-state index in [1.54, 1.807) is 32.9 Å². The first-order valence-electron chi connectivity index (χ1n) is 11.8. The third kappa shape index (κ3) is 10.4. The molecule has 3 amide bonds. The van der Waals surface area contributed by atoms with Gasteiger partial charge in [-0.15, -0.1) is 0 Å². The van der Waals surface area contributed by atoms with Crippen molar-refractivity contribution in [3.05, 3.63) is 12.2 Å². The molecule has 0 bridgehead atoms. The molecular formula is C23H37Cl3N4O6. The fraction of sp³-hybridized carbons (Fsp3) is 0.739. The first-order valence-corrected chi connectivity index (χ1v) is 12.9. The molecule has 1 heterocycles. The standard InChI is InChI=1S/C23H37Cl3N4O6/c1-7-9-17(35-6)14(4)19(31)28-18(13(2)3)20(32)27-15(5)21(33)30-11-8-10-16(29-30)22(34)36-12-23(24,25)26/h7,9,13-18,29H,8,10-12H2,1-6H3,(H,27,32)(H,28,31). The SMILES string of the molecule is CC=CC(OC)C(C)C(=O)NC(C(=O)NC(C)C(=O)N1CCCC(C(=O)OCC(Cl)(Cl)Cl)N1)C(C)C. The van der Waals surface area contributed by atoms with E-state index in [-0.39, 0.29) is 11.8 Å². The average molecular weight is 572 g/mol. The lowest BCUT2D eigenvalue weighted by atomic mass is 9.99. The van der Waals surface area contributed by atoms with Crippen LogP contribution in [0.25, 0.3) is 0 Å². The molecule has 3 N–H and O–H groups in total. The lowest BCUT2D eigenvalue weighted by Gasteiger charge is -2.35. The molecule has 0 aromatic carbocycles. The van der Waals surface area contributed by atoms with Crippen molar-refractivity contribution in [3.8, 4) is 0 Å². The molecule has 1 aliphatic rings. The predicted octanol–water partition coefficient (Wildman–Crippen LogP) is 2.27. The maximum Gasteiger partial charge on any atom is 0.325 e. The molecule has 5 atom stereocenters. The van der Waals surface area contributed by atoms with E-state index in [9.17, 15) is 19.2 Å². The van der Waals surface area contributed by atoms with E-state index in [4.69, 9.17) is 44.3 Å². The van der Waals surface area contributed by atoms with Crippen molar-refractivity contribution < 1.29 is 28.7 Å². The van der Waals surface area contributed by atoms with Crippen LogP contribution in [-0.4, -0.2) is 77.0 Å². The molecule has 0 saturated carbocycles. The van der Waals surface area contributed by atoms with E-state index in [1.807, 2.05) is 6.92 Å². The Morgan fingerprint density at radius 2 is 1.75 bits per heavy atom. The van der Waals surface area contributed by atoms with Crippen molar-refractivity contribution in [3.63, 3.8) is 0 Å². The van der Waals surface area contributed by atoms with Crippen LogP contribution in [-0.2, 0) is 28.7 Å². The van der Waals surface area contributed by atoms with Crippen molar-refractivity contribution in [1.82, 2.24) is 21.1 Å². The summed E-state index contributed by atoms with van der Waals surface area (Å²) in [5, 5.41) is 6.69. The van der Waals surface area contributed by atoms with Gasteiger partial charge in [0.2, 0.25) is 15.6 Å². The normalized spacial score (nSPS) is 19.9. The Labute approximate surface area is 227 Å². The van der Waals surface area contributed by atoms with Crippen LogP contribution in [0.1, 0.15) is 47.5 Å². The summed E-state index contributed by atoms with van der Waals surface area (Å²) in [5.41, 5.74) is 2.81. The molecule has 5 unspecified atom stereocenters. The van der Waals surface area contributed by atoms with Gasteiger partial charge in [0.25, 0.3) is 5.91 Å². The molecule has 0 radical (unpaired) electrons. The first kappa shape index (κ1) is 32.4. The monoisotopic (exact) mass is 570 g/mol. The number of esters is 1. The predicted molar refractivity (Wildman–Crippen MR) is 138 cm³/mol. The summed E-state index contributed by atoms with van der Waals surface area (Å²) in [6.45, 7) is 8.56. The van der Waals surface area contributed by atoms with Crippen molar-refractivity contribution in [1.29, 1.82) is 0 Å². The minimum atomic E-state index is -1.74. The van der Waals surface area contributed by atoms with Gasteiger partial charge in [0.15, 0.2) is 0 Å². The number of halogens is 3. The number of methoxy groups -OCH3 is 1. The Bertz CT molecular complexity index is 805. The molecule has 0 aliphatic carbocycles. The van der Waals surface area contributed by atoms with Crippen molar-refractivity contribution in [2.75, 3.05) is 20.3 Å². The minimum Gasteiger partial charge on any atom is -0.460 e. The van der Waals surface area contributed by atoms with E-state index in [0.29, 0.717) is 19.4 Å². The van der Waals surface area contributed by atoms with Gasteiger partial charge in [-0.2, -0.15) is 0 Å². The van der Waals surface area contributed by atoms with Gasteiger partial charge in [-0.05, 0) is 32.6 Å². The third-order valence-corrected chi connectivity index (χ3v) is 5.98. The summed E-state index contributed by atoms with van der Waals surface area (Å²) in [6.07, 6.45) is 4.08. The van der Waals surface area contributed by atoms with Crippen LogP contribution >= 0.6 is 34.8 Å². The molecule has 206 valence electrons. The maximum absolute atomic E-state index is 13.0. The van der Waals surface area contributed by atoms with Gasteiger partial charge < -0.3 is 20.1 Å². The smallest absolute Gasteiger partial charge is 0.325 e. The molecule has 36 heavy (non-hydrogen) atoms. The highest BCUT2D eigenvalue weighted by Crippen LogP contribution is 2.26. The second-order valence-corrected chi connectivity index (χ2v) is 11.5. The number of amides is 3. The fourth-order valence-corrected chi connectivity index (χ4v) is 3.74. The second-order valence-electron chi connectivity index (χ2n) is 9.01. The molecule has 0 spiro atoms. The number of nitrogens with zero attached hydrogens (tertiary/aromatic N) is 1. The summed E-state index contributed by atoms with van der Waals surface area (Å²) in [6, 6.07) is -2.59. The number of hydrogen-bond donors (Lipinski definition) is 3. The molecule has 13 heteroatoms. The Kier molecular flexibility index (Phi) is 13.5. The van der Waals surface area contributed by atoms with Gasteiger partial charge in [-0.1, -0.05) is 67.7 Å². The number of hydrazine groups is 1. The lowest BCUT2D eigenvalue weighted by Crippen LogP contribution is -2.61. The van der Waals surface area contributed by atoms with Crippen LogP contribution in [0.4, 0.5) is 0 Å². The molecule has 1 aliphatic heterocycles. The summed E-state index contributed by atoms with van der Waals surface area (Å²) in [7, 11) is 1.51. The van der Waals surface area contributed by atoms with Crippen molar-refractivity contribution in [2.45, 2.75) is 75.5 Å². The number of carbonyl (C=O) groups excluding carboxylic acids is 4. The van der Waals surface area contributed by atoms with Gasteiger partial charge in [-0.3, -0.25) is 24.2 Å². The number of allylic oxidation sites excluding steroid dienone is 1. The third-order valence-electron chi connectivity index (χ3n) is 5.65. The van der Waals surface area contributed by atoms with Crippen LogP contribution in [0.15, 0.2) is 12.2 Å². The molecule has 10 nitrogen and oxygen atoms in total. The number of ether oxygens (including phenoxy) is 2. The molecule has 0 aromatic rings. The van der Waals surface area contributed by atoms with E-state index in [1.165, 1.54) is 19.0 Å². The first-order chi connectivity index (χ1) is 16.7. The Balaban J connectivity index is 2.76. The zero-order valence-corrected chi connectivity index (χ0v) is 23.7. The van der Waals surface area contributed by atoms with E-state index in [0.717, 1.165) is 0 Å². The topological polar surface area (TPSA) is 126 Å². The number of rotatable bonds is 11. The van der Waals surface area contributed by atoms with Gasteiger partial charge >= 0.3 is 5.97 Å². The summed E-state index contributed by atoms with van der Waals surface area (Å²) in [5.74, 6) is -2.72. The van der Waals surface area contributed by atoms with Gasteiger partial charge in [-0.25, -0.2) is 5.43 Å². The number of alkyl halides is 3. The summed E-state index contributed by atoms with van der Waals surface area (Å²) < 4.78 is 8.59. The minimum absolute atomic E-state index is 0.239. The fourth-order valence-electron chi connectivity index (χ4n) is 3.58. The molecule has 1 rings (SSSR count). The summed E-state index contributed by atoms with van der Waals surface area (Å²) >= 11 is 16.8. The van der Waals surface area contributed by atoms with Crippen molar-refractivity contribution >= 4 is 58.5 Å². The van der Waals surface area contributed by atoms with E-state index >= 15 is 0 Å². The van der Waals surface area contributed by atoms with Gasteiger partial charge in [0, 0.05) is 13.7 Å². The second kappa shape index (κ2) is 15.0. The van der Waals surface area contributed by atoms with Crippen LogP contribution in [0.3, 0.4) is 0 Å². The zero-order valence-electron chi connectivity index (χ0n) is 21.5. The molecule has 1 saturated heterocycles. The van der Waals surface area contributed by atoms with Crippen LogP contribution in [0, 0.1) is 11.8 Å². The Morgan fingerprint density at radius 1 is 1.11 bits per heavy atom.